The Hall–Kier alpha value is -5.52. The fourth-order valence-electron chi connectivity index (χ4n) is 7.38. The van der Waals surface area contributed by atoms with Crippen LogP contribution in [0.25, 0.3) is 0 Å². The molecule has 3 aromatic rings. The van der Waals surface area contributed by atoms with E-state index in [-0.39, 0.29) is 22.7 Å². The first kappa shape index (κ1) is 48.1. The van der Waals surface area contributed by atoms with Crippen LogP contribution in [0.4, 0.5) is 32.0 Å². The van der Waals surface area contributed by atoms with Crippen molar-refractivity contribution in [3.63, 3.8) is 0 Å². The fourth-order valence-corrected chi connectivity index (χ4v) is 7.78. The van der Waals surface area contributed by atoms with Gasteiger partial charge < -0.3 is 20.3 Å². The van der Waals surface area contributed by atoms with E-state index in [9.17, 15) is 59.9 Å². The highest BCUT2D eigenvalue weighted by Crippen LogP contribution is 2.45. The van der Waals surface area contributed by atoms with E-state index in [0.29, 0.717) is 22.3 Å². The number of benzene rings is 3. The normalized spacial score (nSPS) is 15.8. The molecule has 5 N–H and O–H groups in total. The molecule has 20 heteroatoms. The second-order valence-electron chi connectivity index (χ2n) is 15.2. The number of para-hydroxylation sites is 1. The van der Waals surface area contributed by atoms with Crippen LogP contribution in [0, 0.1) is 25.7 Å². The van der Waals surface area contributed by atoms with E-state index in [0.717, 1.165) is 4.90 Å². The number of hydrogen-bond acceptors (Lipinski definition) is 8. The molecule has 0 radical (unpaired) electrons. The number of alkyl halides is 6. The van der Waals surface area contributed by atoms with Crippen molar-refractivity contribution in [2.45, 2.75) is 83.7 Å². The molecular formula is C41H45F6N4O9P. The van der Waals surface area contributed by atoms with Gasteiger partial charge in [-0.2, -0.15) is 26.3 Å². The first-order valence-electron chi connectivity index (χ1n) is 18.6. The van der Waals surface area contributed by atoms with Gasteiger partial charge >= 0.3 is 26.1 Å². The van der Waals surface area contributed by atoms with Gasteiger partial charge in [0.2, 0.25) is 18.0 Å². The van der Waals surface area contributed by atoms with Gasteiger partial charge in [-0.15, -0.1) is 0 Å². The monoisotopic (exact) mass is 882 g/mol. The van der Waals surface area contributed by atoms with E-state index >= 15 is 0 Å². The Kier molecular flexibility index (Phi) is 15.0. The Bertz CT molecular complexity index is 2220. The molecule has 3 amide bonds. The number of carbonyl (C=O) groups excluding carboxylic acids is 4. The molecule has 1 aliphatic rings. The second kappa shape index (κ2) is 19.0. The van der Waals surface area contributed by atoms with Gasteiger partial charge in [0.05, 0.1) is 36.1 Å². The van der Waals surface area contributed by atoms with Crippen molar-refractivity contribution in [1.82, 2.24) is 5.32 Å². The number of nitrogens with two attached hydrogens (primary N) is 1. The second-order valence-corrected chi connectivity index (χ2v) is 16.4. The number of phosphoric ester groups is 1. The summed E-state index contributed by atoms with van der Waals surface area (Å²) < 4.78 is 102. The number of ether oxygens (including phenoxy) is 1. The van der Waals surface area contributed by atoms with Crippen LogP contribution in [0.5, 0.6) is 5.75 Å². The van der Waals surface area contributed by atoms with E-state index in [2.05, 4.69) is 16.9 Å². The molecule has 3 atom stereocenters. The highest BCUT2D eigenvalue weighted by atomic mass is 31.2. The van der Waals surface area contributed by atoms with Gasteiger partial charge in [0.1, 0.15) is 5.75 Å². The molecule has 0 unspecified atom stereocenters. The molecule has 0 spiro atoms. The molecule has 0 saturated carbocycles. The number of esters is 1. The fraction of sp³-hybridized carbons (Fsp3) is 0.390. The van der Waals surface area contributed by atoms with Crippen molar-refractivity contribution in [3.8, 4) is 5.75 Å². The summed E-state index contributed by atoms with van der Waals surface area (Å²) in [5, 5.41) is 2.31. The van der Waals surface area contributed by atoms with Crippen molar-refractivity contribution < 1.29 is 69.1 Å². The van der Waals surface area contributed by atoms with Crippen LogP contribution in [-0.4, -0.2) is 64.4 Å². The van der Waals surface area contributed by atoms with E-state index in [4.69, 9.17) is 15.0 Å². The van der Waals surface area contributed by atoms with E-state index < -0.39 is 112 Å². The van der Waals surface area contributed by atoms with E-state index in [1.54, 1.807) is 82.3 Å². The third-order valence-corrected chi connectivity index (χ3v) is 10.1. The molecule has 0 aromatic heterocycles. The van der Waals surface area contributed by atoms with Crippen LogP contribution >= 0.6 is 7.82 Å². The number of hydrogen-bond donors (Lipinski definition) is 4. The Balaban J connectivity index is 1.74. The minimum atomic E-state index is -5.04. The molecule has 3 aromatic carbocycles. The lowest BCUT2D eigenvalue weighted by atomic mass is 9.78. The third-order valence-electron chi connectivity index (χ3n) is 9.70. The molecule has 0 fully saturated rings. The zero-order valence-electron chi connectivity index (χ0n) is 33.5. The molecule has 330 valence electrons. The summed E-state index contributed by atoms with van der Waals surface area (Å²) in [4.78, 5) is 79.5. The van der Waals surface area contributed by atoms with Gasteiger partial charge in [0.25, 0.3) is 5.91 Å². The standard InChI is InChI=1S/C41H45F6N4O9P/c1-23-18-24(2)33(30(19-23)60-61(56,57)58)39(4,5)21-31(52)59-22-51-29-16-10-9-14-27(29)34(26-12-7-6-8-13-26)49-36(38(51)55)50-37(54)28(15-11-17-40(42,43)44)32(35(48)53)25(3)20-41(45,46)47/h6-10,12-14,16,18-19,28,32,36H,3,11,15,17,20-22H2,1-2,4-5H3,(H2,48,53)(H,50,54)(H2,56,57,58)/t28-,32+,36-/m1/s1. The molecule has 13 nitrogen and oxygen atoms in total. The summed E-state index contributed by atoms with van der Waals surface area (Å²) in [6, 6.07) is 17.6. The minimum Gasteiger partial charge on any atom is -0.444 e. The maximum atomic E-state index is 14.5. The SMILES string of the molecule is C=C(CC(F)(F)F)[C@H](C(N)=O)[C@@H](CCCC(F)(F)F)C(=O)N[C@H]1N=C(c2ccccc2)c2ccccc2N(COC(=O)CC(C)(C)c2c(C)cc(C)cc2OP(=O)(O)O)C1=O. The summed E-state index contributed by atoms with van der Waals surface area (Å²) in [5.74, 6) is -8.96. The Morgan fingerprint density at radius 3 is 2.18 bits per heavy atom. The van der Waals surface area contributed by atoms with Gasteiger partial charge in [-0.05, 0) is 49.9 Å². The largest absolute Gasteiger partial charge is 0.524 e. The summed E-state index contributed by atoms with van der Waals surface area (Å²) >= 11 is 0. The number of rotatable bonds is 17. The molecule has 4 rings (SSSR count). The third kappa shape index (κ3) is 13.2. The number of benzodiazepines with no additional fused rings is 1. The van der Waals surface area contributed by atoms with Crippen molar-refractivity contribution in [3.05, 3.63) is 107 Å². The number of aliphatic imine (C=N–C) groups is 1. The van der Waals surface area contributed by atoms with Crippen LogP contribution in [0.15, 0.2) is 83.9 Å². The first-order chi connectivity index (χ1) is 28.2. The van der Waals surface area contributed by atoms with Crippen LogP contribution in [0.2, 0.25) is 0 Å². The average molecular weight is 883 g/mol. The lowest BCUT2D eigenvalue weighted by Gasteiger charge is -2.30. The van der Waals surface area contributed by atoms with Crippen molar-refractivity contribution in [2.75, 3.05) is 11.6 Å². The Morgan fingerprint density at radius 1 is 0.967 bits per heavy atom. The maximum Gasteiger partial charge on any atom is 0.524 e. The number of nitrogens with zero attached hydrogens (tertiary/aromatic N) is 2. The highest BCUT2D eigenvalue weighted by Gasteiger charge is 2.42. The van der Waals surface area contributed by atoms with Crippen molar-refractivity contribution in [1.29, 1.82) is 0 Å². The van der Waals surface area contributed by atoms with Gasteiger partial charge in [-0.1, -0.05) is 80.6 Å². The molecule has 0 saturated heterocycles. The van der Waals surface area contributed by atoms with E-state index in [1.165, 1.54) is 12.1 Å². The molecule has 0 bridgehead atoms. The highest BCUT2D eigenvalue weighted by molar-refractivity contribution is 7.46. The van der Waals surface area contributed by atoms with Gasteiger partial charge in [0.15, 0.2) is 6.73 Å². The number of amides is 3. The summed E-state index contributed by atoms with van der Waals surface area (Å²) in [5.41, 5.74) is 5.78. The number of primary amides is 1. The van der Waals surface area contributed by atoms with Crippen molar-refractivity contribution in [2.24, 2.45) is 22.6 Å². The molecule has 1 heterocycles. The number of aryl methyl sites for hydroxylation is 2. The Labute approximate surface area is 347 Å². The average Bonchev–Trinajstić information content (AvgIpc) is 3.21. The zero-order valence-corrected chi connectivity index (χ0v) is 34.4. The van der Waals surface area contributed by atoms with Crippen LogP contribution in [-0.2, 0) is 33.9 Å². The van der Waals surface area contributed by atoms with Crippen LogP contribution in [0.1, 0.15) is 73.8 Å². The van der Waals surface area contributed by atoms with Gasteiger partial charge in [-0.25, -0.2) is 9.56 Å². The smallest absolute Gasteiger partial charge is 0.444 e. The predicted molar refractivity (Wildman–Crippen MR) is 211 cm³/mol. The number of anilines is 1. The van der Waals surface area contributed by atoms with E-state index in [1.807, 2.05) is 0 Å². The minimum absolute atomic E-state index is 0.110. The molecular weight excluding hydrogens is 837 g/mol. The number of fused-ring (bicyclic) bond motifs is 1. The first-order valence-corrected chi connectivity index (χ1v) is 20.2. The van der Waals surface area contributed by atoms with Crippen molar-refractivity contribution >= 4 is 42.9 Å². The quantitative estimate of drug-likeness (QED) is 0.0468. The van der Waals surface area contributed by atoms with Gasteiger partial charge in [0, 0.05) is 28.5 Å². The number of nitrogens with one attached hydrogen (secondary N) is 1. The summed E-state index contributed by atoms with van der Waals surface area (Å²) in [7, 11) is -5.04. The topological polar surface area (TPSA) is 198 Å². The lowest BCUT2D eigenvalue weighted by molar-refractivity contribution is -0.145. The van der Waals surface area contributed by atoms with Crippen LogP contribution < -0.4 is 20.5 Å². The predicted octanol–water partition coefficient (Wildman–Crippen LogP) is 7.23. The molecule has 0 aliphatic carbocycles. The summed E-state index contributed by atoms with van der Waals surface area (Å²) in [6.45, 7) is 9.02. The maximum absolute atomic E-state index is 14.5. The van der Waals surface area contributed by atoms with Crippen LogP contribution in [0.3, 0.4) is 0 Å². The van der Waals surface area contributed by atoms with Gasteiger partial charge in [-0.3, -0.25) is 33.9 Å². The Morgan fingerprint density at radius 2 is 1.59 bits per heavy atom. The number of halogens is 6. The summed E-state index contributed by atoms with van der Waals surface area (Å²) in [6.07, 6.45) is -16.9. The lowest BCUT2D eigenvalue weighted by Crippen LogP contribution is -2.51. The number of phosphoric acid groups is 1. The zero-order chi connectivity index (χ0) is 45.7. The molecule has 61 heavy (non-hydrogen) atoms. The number of carbonyl (C=O) groups is 4. The molecule has 1 aliphatic heterocycles.